The Morgan fingerprint density at radius 3 is 2.87 bits per heavy atom. The number of hydrogen-bond acceptors (Lipinski definition) is 2. The summed E-state index contributed by atoms with van der Waals surface area (Å²) < 4.78 is 0. The molecule has 3 amide bonds. The zero-order chi connectivity index (χ0) is 10.8. The van der Waals surface area contributed by atoms with Gasteiger partial charge < -0.3 is 11.1 Å². The maximum absolute atomic E-state index is 11.4. The molecule has 1 heterocycles. The molecule has 5 nitrogen and oxygen atoms in total. The monoisotopic (exact) mass is 205 g/mol. The van der Waals surface area contributed by atoms with Crippen LogP contribution >= 0.6 is 0 Å². The fourth-order valence-electron chi connectivity index (χ4n) is 1.55. The van der Waals surface area contributed by atoms with Gasteiger partial charge in [-0.05, 0) is 18.2 Å². The fraction of sp³-hybridized carbons (Fsp3) is 0.200. The maximum Gasteiger partial charge on any atom is 0.321 e. The molecule has 1 aliphatic rings. The number of nitrogens with zero attached hydrogens (tertiary/aromatic N) is 1. The summed E-state index contributed by atoms with van der Waals surface area (Å²) in [5.74, 6) is -0.489. The Morgan fingerprint density at radius 1 is 1.47 bits per heavy atom. The van der Waals surface area contributed by atoms with Crippen molar-refractivity contribution in [3.63, 3.8) is 0 Å². The second-order valence-corrected chi connectivity index (χ2v) is 3.30. The molecule has 0 radical (unpaired) electrons. The first-order valence-corrected chi connectivity index (χ1v) is 4.64. The highest BCUT2D eigenvalue weighted by Crippen LogP contribution is 2.17. The van der Waals surface area contributed by atoms with Crippen molar-refractivity contribution in [3.8, 4) is 0 Å². The zero-order valence-corrected chi connectivity index (χ0v) is 8.06. The molecule has 0 spiro atoms. The van der Waals surface area contributed by atoms with E-state index in [-0.39, 0.29) is 6.03 Å². The standard InChI is InChI=1S/C10H11N3O2/c11-9(14)7-2-1-3-8(6-7)13-5-4-12-10(13)15/h1-3,6H,4-5H2,(H2,11,14)(H,12,15). The number of nitrogens with two attached hydrogens (primary N) is 1. The number of primary amides is 1. The number of hydrogen-bond donors (Lipinski definition) is 2. The molecule has 0 bridgehead atoms. The molecule has 5 heteroatoms. The number of anilines is 1. The highest BCUT2D eigenvalue weighted by atomic mass is 16.2. The number of benzene rings is 1. The Balaban J connectivity index is 2.32. The summed E-state index contributed by atoms with van der Waals surface area (Å²) in [4.78, 5) is 23.9. The van der Waals surface area contributed by atoms with E-state index >= 15 is 0 Å². The first-order chi connectivity index (χ1) is 7.18. The van der Waals surface area contributed by atoms with Crippen LogP contribution in [0.2, 0.25) is 0 Å². The third-order valence-electron chi connectivity index (χ3n) is 2.30. The Hall–Kier alpha value is -2.04. The quantitative estimate of drug-likeness (QED) is 0.729. The number of carbonyl (C=O) groups is 2. The van der Waals surface area contributed by atoms with Gasteiger partial charge >= 0.3 is 6.03 Å². The lowest BCUT2D eigenvalue weighted by Crippen LogP contribution is -2.27. The Bertz CT molecular complexity index is 417. The SMILES string of the molecule is NC(=O)c1cccc(N2CCNC2=O)c1. The van der Waals surface area contributed by atoms with Crippen molar-refractivity contribution in [3.05, 3.63) is 29.8 Å². The van der Waals surface area contributed by atoms with Gasteiger partial charge in [0.15, 0.2) is 0 Å². The van der Waals surface area contributed by atoms with Crippen LogP contribution in [0.15, 0.2) is 24.3 Å². The molecule has 1 fully saturated rings. The molecule has 1 aromatic rings. The van der Waals surface area contributed by atoms with Gasteiger partial charge in [-0.3, -0.25) is 9.69 Å². The van der Waals surface area contributed by atoms with E-state index in [1.165, 1.54) is 0 Å². The highest BCUT2D eigenvalue weighted by Gasteiger charge is 2.21. The molecular formula is C10H11N3O2. The van der Waals surface area contributed by atoms with Crippen LogP contribution in [0.4, 0.5) is 10.5 Å². The van der Waals surface area contributed by atoms with Gasteiger partial charge in [0.05, 0.1) is 0 Å². The van der Waals surface area contributed by atoms with Gasteiger partial charge in [-0.15, -0.1) is 0 Å². The van der Waals surface area contributed by atoms with Crippen LogP contribution in [-0.2, 0) is 0 Å². The fourth-order valence-corrected chi connectivity index (χ4v) is 1.55. The minimum Gasteiger partial charge on any atom is -0.366 e. The van der Waals surface area contributed by atoms with Gasteiger partial charge in [0, 0.05) is 24.3 Å². The number of urea groups is 1. The van der Waals surface area contributed by atoms with Gasteiger partial charge in [0.2, 0.25) is 5.91 Å². The summed E-state index contributed by atoms with van der Waals surface area (Å²) in [5, 5.41) is 2.69. The molecule has 0 aliphatic carbocycles. The van der Waals surface area contributed by atoms with E-state index in [4.69, 9.17) is 5.73 Å². The first kappa shape index (κ1) is 9.51. The van der Waals surface area contributed by atoms with E-state index < -0.39 is 5.91 Å². The molecule has 2 rings (SSSR count). The minimum absolute atomic E-state index is 0.142. The predicted molar refractivity (Wildman–Crippen MR) is 55.7 cm³/mol. The van der Waals surface area contributed by atoms with Gasteiger partial charge in [-0.1, -0.05) is 6.07 Å². The average Bonchev–Trinajstić information content (AvgIpc) is 2.64. The Kier molecular flexibility index (Phi) is 2.29. The van der Waals surface area contributed by atoms with Crippen LogP contribution in [0.1, 0.15) is 10.4 Å². The highest BCUT2D eigenvalue weighted by molar-refractivity contribution is 5.97. The third-order valence-corrected chi connectivity index (χ3v) is 2.30. The molecule has 0 unspecified atom stereocenters. The van der Waals surface area contributed by atoms with E-state index in [2.05, 4.69) is 5.32 Å². The van der Waals surface area contributed by atoms with Crippen LogP contribution < -0.4 is 16.0 Å². The van der Waals surface area contributed by atoms with Crippen molar-refractivity contribution in [1.29, 1.82) is 0 Å². The molecule has 1 aliphatic heterocycles. The summed E-state index contributed by atoms with van der Waals surface area (Å²) in [6, 6.07) is 6.59. The van der Waals surface area contributed by atoms with Crippen molar-refractivity contribution in [2.45, 2.75) is 0 Å². The lowest BCUT2D eigenvalue weighted by atomic mass is 10.2. The minimum atomic E-state index is -0.489. The molecule has 0 aromatic heterocycles. The average molecular weight is 205 g/mol. The second-order valence-electron chi connectivity index (χ2n) is 3.30. The lowest BCUT2D eigenvalue weighted by Gasteiger charge is -2.14. The van der Waals surface area contributed by atoms with Crippen molar-refractivity contribution >= 4 is 17.6 Å². The van der Waals surface area contributed by atoms with Crippen LogP contribution in [-0.4, -0.2) is 25.0 Å². The Labute approximate surface area is 86.9 Å². The van der Waals surface area contributed by atoms with E-state index in [0.29, 0.717) is 24.3 Å². The topological polar surface area (TPSA) is 75.4 Å². The summed E-state index contributed by atoms with van der Waals surface area (Å²) in [5.41, 5.74) is 6.26. The first-order valence-electron chi connectivity index (χ1n) is 4.64. The molecule has 0 atom stereocenters. The number of carbonyl (C=O) groups excluding carboxylic acids is 2. The van der Waals surface area contributed by atoms with Crippen molar-refractivity contribution in [2.24, 2.45) is 5.73 Å². The van der Waals surface area contributed by atoms with Gasteiger partial charge in [0.1, 0.15) is 0 Å². The zero-order valence-electron chi connectivity index (χ0n) is 8.06. The smallest absolute Gasteiger partial charge is 0.321 e. The van der Waals surface area contributed by atoms with Gasteiger partial charge in [0.25, 0.3) is 0 Å². The largest absolute Gasteiger partial charge is 0.366 e. The number of nitrogens with one attached hydrogen (secondary N) is 1. The summed E-state index contributed by atoms with van der Waals surface area (Å²) in [6.07, 6.45) is 0. The van der Waals surface area contributed by atoms with Gasteiger partial charge in [-0.25, -0.2) is 4.79 Å². The molecule has 15 heavy (non-hydrogen) atoms. The maximum atomic E-state index is 11.4. The van der Waals surface area contributed by atoms with Crippen molar-refractivity contribution < 1.29 is 9.59 Å². The van der Waals surface area contributed by atoms with E-state index in [0.717, 1.165) is 0 Å². The normalized spacial score (nSPS) is 15.2. The molecule has 0 saturated carbocycles. The summed E-state index contributed by atoms with van der Waals surface area (Å²) >= 11 is 0. The second kappa shape index (κ2) is 3.61. The summed E-state index contributed by atoms with van der Waals surface area (Å²) in [6.45, 7) is 1.24. The van der Waals surface area contributed by atoms with Gasteiger partial charge in [-0.2, -0.15) is 0 Å². The number of amides is 3. The molecular weight excluding hydrogens is 194 g/mol. The van der Waals surface area contributed by atoms with Crippen LogP contribution in [0.25, 0.3) is 0 Å². The van der Waals surface area contributed by atoms with Crippen LogP contribution in [0.3, 0.4) is 0 Å². The van der Waals surface area contributed by atoms with E-state index in [9.17, 15) is 9.59 Å². The van der Waals surface area contributed by atoms with Crippen molar-refractivity contribution in [2.75, 3.05) is 18.0 Å². The number of rotatable bonds is 2. The van der Waals surface area contributed by atoms with Crippen LogP contribution in [0, 0.1) is 0 Å². The Morgan fingerprint density at radius 2 is 2.27 bits per heavy atom. The lowest BCUT2D eigenvalue weighted by molar-refractivity contribution is 0.100. The predicted octanol–water partition coefficient (Wildman–Crippen LogP) is 0.315. The van der Waals surface area contributed by atoms with Crippen LogP contribution in [0.5, 0.6) is 0 Å². The molecule has 1 saturated heterocycles. The molecule has 1 aromatic carbocycles. The van der Waals surface area contributed by atoms with E-state index in [1.54, 1.807) is 29.2 Å². The molecule has 78 valence electrons. The van der Waals surface area contributed by atoms with E-state index in [1.807, 2.05) is 0 Å². The van der Waals surface area contributed by atoms with Crippen molar-refractivity contribution in [1.82, 2.24) is 5.32 Å². The summed E-state index contributed by atoms with van der Waals surface area (Å²) in [7, 11) is 0. The third kappa shape index (κ3) is 1.76. The molecule has 3 N–H and O–H groups in total.